The molecule has 0 aromatic heterocycles. The lowest BCUT2D eigenvalue weighted by molar-refractivity contribution is 0.0437. The highest BCUT2D eigenvalue weighted by molar-refractivity contribution is 4.97. The van der Waals surface area contributed by atoms with Crippen molar-refractivity contribution in [2.24, 2.45) is 23.0 Å². The van der Waals surface area contributed by atoms with Gasteiger partial charge in [0.15, 0.2) is 0 Å². The normalized spacial score (nSPS) is 39.7. The second-order valence-electron chi connectivity index (χ2n) is 7.34. The number of hydrogen-bond acceptors (Lipinski definition) is 2. The lowest BCUT2D eigenvalue weighted by Crippen LogP contribution is -2.54. The predicted molar refractivity (Wildman–Crippen MR) is 73.9 cm³/mol. The van der Waals surface area contributed by atoms with E-state index in [1.54, 1.807) is 0 Å². The van der Waals surface area contributed by atoms with Crippen LogP contribution in [0.1, 0.15) is 59.8 Å². The molecule has 3 unspecified atom stereocenters. The smallest absolute Gasteiger partial charge is 0.0153 e. The SMILES string of the molecule is CC1C(N)CCC(CNC2(C)CCC2)C1(C)C. The van der Waals surface area contributed by atoms with Crippen LogP contribution >= 0.6 is 0 Å². The molecule has 100 valence electrons. The third-order valence-electron chi connectivity index (χ3n) is 5.95. The fraction of sp³-hybridized carbons (Fsp3) is 1.00. The Hall–Kier alpha value is -0.0800. The molecular formula is C15H30N2. The molecule has 0 amide bonds. The van der Waals surface area contributed by atoms with E-state index in [9.17, 15) is 0 Å². The van der Waals surface area contributed by atoms with Crippen LogP contribution in [0.4, 0.5) is 0 Å². The van der Waals surface area contributed by atoms with Gasteiger partial charge in [-0.25, -0.2) is 0 Å². The van der Waals surface area contributed by atoms with Gasteiger partial charge in [-0.1, -0.05) is 20.8 Å². The van der Waals surface area contributed by atoms with Gasteiger partial charge in [0.2, 0.25) is 0 Å². The topological polar surface area (TPSA) is 38.0 Å². The van der Waals surface area contributed by atoms with Crippen molar-refractivity contribution in [3.05, 3.63) is 0 Å². The molecule has 2 rings (SSSR count). The molecule has 2 fully saturated rings. The second kappa shape index (κ2) is 4.55. The molecule has 0 aromatic rings. The summed E-state index contributed by atoms with van der Waals surface area (Å²) >= 11 is 0. The van der Waals surface area contributed by atoms with E-state index >= 15 is 0 Å². The molecule has 2 aliphatic rings. The fourth-order valence-electron chi connectivity index (χ4n) is 3.56. The zero-order valence-electron chi connectivity index (χ0n) is 12.1. The zero-order valence-corrected chi connectivity index (χ0v) is 12.1. The minimum Gasteiger partial charge on any atom is -0.327 e. The fourth-order valence-corrected chi connectivity index (χ4v) is 3.56. The van der Waals surface area contributed by atoms with Gasteiger partial charge in [0.05, 0.1) is 0 Å². The van der Waals surface area contributed by atoms with E-state index < -0.39 is 0 Å². The van der Waals surface area contributed by atoms with Gasteiger partial charge in [0.25, 0.3) is 0 Å². The van der Waals surface area contributed by atoms with E-state index in [2.05, 4.69) is 33.0 Å². The molecule has 2 aliphatic carbocycles. The Morgan fingerprint density at radius 2 is 1.82 bits per heavy atom. The lowest BCUT2D eigenvalue weighted by atomic mass is 9.61. The van der Waals surface area contributed by atoms with Crippen LogP contribution in [0.2, 0.25) is 0 Å². The van der Waals surface area contributed by atoms with Crippen molar-refractivity contribution in [1.82, 2.24) is 5.32 Å². The van der Waals surface area contributed by atoms with Crippen molar-refractivity contribution in [3.63, 3.8) is 0 Å². The van der Waals surface area contributed by atoms with Gasteiger partial charge in [0.1, 0.15) is 0 Å². The first-order chi connectivity index (χ1) is 7.85. The number of nitrogens with one attached hydrogen (secondary N) is 1. The summed E-state index contributed by atoms with van der Waals surface area (Å²) in [5, 5.41) is 3.82. The molecule has 2 nitrogen and oxygen atoms in total. The van der Waals surface area contributed by atoms with Crippen LogP contribution < -0.4 is 11.1 Å². The summed E-state index contributed by atoms with van der Waals surface area (Å²) in [6, 6.07) is 0.403. The van der Waals surface area contributed by atoms with Crippen LogP contribution in [-0.2, 0) is 0 Å². The molecule has 17 heavy (non-hydrogen) atoms. The molecule has 0 radical (unpaired) electrons. The second-order valence-corrected chi connectivity index (χ2v) is 7.34. The van der Waals surface area contributed by atoms with Gasteiger partial charge in [-0.05, 0) is 62.8 Å². The van der Waals surface area contributed by atoms with Crippen molar-refractivity contribution in [3.8, 4) is 0 Å². The summed E-state index contributed by atoms with van der Waals surface area (Å²) < 4.78 is 0. The van der Waals surface area contributed by atoms with Crippen molar-refractivity contribution >= 4 is 0 Å². The Labute approximate surface area is 107 Å². The summed E-state index contributed by atoms with van der Waals surface area (Å²) in [4.78, 5) is 0. The summed E-state index contributed by atoms with van der Waals surface area (Å²) in [5.41, 5.74) is 7.04. The highest BCUT2D eigenvalue weighted by Crippen LogP contribution is 2.44. The van der Waals surface area contributed by atoms with Gasteiger partial charge < -0.3 is 11.1 Å². The minimum atomic E-state index is 0.380. The van der Waals surface area contributed by atoms with E-state index in [4.69, 9.17) is 5.73 Å². The lowest BCUT2D eigenvalue weighted by Gasteiger charge is -2.49. The highest BCUT2D eigenvalue weighted by Gasteiger charge is 2.42. The molecule has 2 saturated carbocycles. The molecule has 3 atom stereocenters. The van der Waals surface area contributed by atoms with Crippen LogP contribution in [0.25, 0.3) is 0 Å². The Balaban J connectivity index is 1.91. The van der Waals surface area contributed by atoms with Gasteiger partial charge in [-0.3, -0.25) is 0 Å². The largest absolute Gasteiger partial charge is 0.327 e. The summed E-state index contributed by atoms with van der Waals surface area (Å²) in [5.74, 6) is 1.42. The third-order valence-corrected chi connectivity index (χ3v) is 5.95. The molecule has 0 saturated heterocycles. The van der Waals surface area contributed by atoms with E-state index in [0.29, 0.717) is 22.9 Å². The average Bonchev–Trinajstić information content (AvgIpc) is 2.23. The van der Waals surface area contributed by atoms with Gasteiger partial charge in [-0.2, -0.15) is 0 Å². The molecular weight excluding hydrogens is 208 g/mol. The maximum atomic E-state index is 6.21. The monoisotopic (exact) mass is 238 g/mol. The maximum Gasteiger partial charge on any atom is 0.0153 e. The Bertz CT molecular complexity index is 268. The molecule has 0 bridgehead atoms. The van der Waals surface area contributed by atoms with Crippen LogP contribution in [0.5, 0.6) is 0 Å². The van der Waals surface area contributed by atoms with Gasteiger partial charge in [0, 0.05) is 11.6 Å². The Kier molecular flexibility index (Phi) is 3.57. The van der Waals surface area contributed by atoms with Crippen molar-refractivity contribution in [2.75, 3.05) is 6.54 Å². The van der Waals surface area contributed by atoms with Gasteiger partial charge >= 0.3 is 0 Å². The van der Waals surface area contributed by atoms with Crippen molar-refractivity contribution < 1.29 is 0 Å². The van der Waals surface area contributed by atoms with E-state index in [1.807, 2.05) is 0 Å². The van der Waals surface area contributed by atoms with Crippen LogP contribution in [-0.4, -0.2) is 18.1 Å². The molecule has 0 aromatic carbocycles. The molecule has 0 heterocycles. The molecule has 2 heteroatoms. The Morgan fingerprint density at radius 3 is 2.35 bits per heavy atom. The number of rotatable bonds is 3. The summed E-state index contributed by atoms with van der Waals surface area (Å²) in [6.07, 6.45) is 6.61. The third kappa shape index (κ3) is 2.53. The predicted octanol–water partition coefficient (Wildman–Crippen LogP) is 2.92. The van der Waals surface area contributed by atoms with Gasteiger partial charge in [-0.15, -0.1) is 0 Å². The highest BCUT2D eigenvalue weighted by atomic mass is 15.0. The van der Waals surface area contributed by atoms with Crippen LogP contribution in [0.15, 0.2) is 0 Å². The first-order valence-electron chi connectivity index (χ1n) is 7.36. The van der Waals surface area contributed by atoms with E-state index in [0.717, 1.165) is 5.92 Å². The van der Waals surface area contributed by atoms with E-state index in [1.165, 1.54) is 38.6 Å². The molecule has 0 aliphatic heterocycles. The Morgan fingerprint density at radius 1 is 1.18 bits per heavy atom. The quantitative estimate of drug-likeness (QED) is 0.793. The first kappa shape index (κ1) is 13.4. The van der Waals surface area contributed by atoms with Crippen LogP contribution in [0.3, 0.4) is 0 Å². The first-order valence-corrected chi connectivity index (χ1v) is 7.36. The number of nitrogens with two attached hydrogens (primary N) is 1. The number of hydrogen-bond donors (Lipinski definition) is 2. The minimum absolute atomic E-state index is 0.380. The standard InChI is InChI=1S/C15H30N2/c1-11-13(16)7-6-12(14(11,2)3)10-17-15(4)8-5-9-15/h11-13,17H,5-10,16H2,1-4H3. The average molecular weight is 238 g/mol. The summed E-state index contributed by atoms with van der Waals surface area (Å²) in [7, 11) is 0. The van der Waals surface area contributed by atoms with E-state index in [-0.39, 0.29) is 0 Å². The maximum absolute atomic E-state index is 6.21. The van der Waals surface area contributed by atoms with Crippen molar-refractivity contribution in [2.45, 2.75) is 71.4 Å². The molecule has 0 spiro atoms. The molecule has 3 N–H and O–H groups in total. The van der Waals surface area contributed by atoms with Crippen molar-refractivity contribution in [1.29, 1.82) is 0 Å². The van der Waals surface area contributed by atoms with Crippen LogP contribution in [0, 0.1) is 17.3 Å². The summed E-state index contributed by atoms with van der Waals surface area (Å²) in [6.45, 7) is 10.7. The zero-order chi connectivity index (χ0) is 12.7.